The van der Waals surface area contributed by atoms with Crippen molar-refractivity contribution in [3.8, 4) is 0 Å². The second kappa shape index (κ2) is 10.3. The summed E-state index contributed by atoms with van der Waals surface area (Å²) in [6, 6.07) is 0. The Bertz CT molecular complexity index is 266. The molecule has 0 saturated heterocycles. The van der Waals surface area contributed by atoms with Crippen LogP contribution in [0.5, 0.6) is 0 Å². The number of rotatable bonds is 9. The molecule has 0 fully saturated rings. The summed E-state index contributed by atoms with van der Waals surface area (Å²) in [5.41, 5.74) is 0.865. The lowest BCUT2D eigenvalue weighted by atomic mass is 10.1. The summed E-state index contributed by atoms with van der Waals surface area (Å²) in [5.74, 6) is 0.242. The minimum Gasteiger partial charge on any atom is -0.296 e. The number of ketones is 1. The van der Waals surface area contributed by atoms with Gasteiger partial charge in [-0.15, -0.1) is 0 Å². The fourth-order valence-electron chi connectivity index (χ4n) is 1.70. The van der Waals surface area contributed by atoms with Gasteiger partial charge in [0.15, 0.2) is 5.78 Å². The number of hydrogen-bond acceptors (Lipinski definition) is 2. The highest BCUT2D eigenvalue weighted by atomic mass is 16.1. The van der Waals surface area contributed by atoms with E-state index in [9.17, 15) is 4.79 Å². The highest BCUT2D eigenvalue weighted by Gasteiger charge is 2.10. The molecule has 2 heteroatoms. The molecule has 0 unspecified atom stereocenters. The maximum Gasteiger partial charge on any atom is 0.176 e. The maximum absolute atomic E-state index is 12.1. The molecule has 0 radical (unpaired) electrons. The summed E-state index contributed by atoms with van der Waals surface area (Å²) in [6.45, 7) is 10.9. The van der Waals surface area contributed by atoms with E-state index in [4.69, 9.17) is 0 Å². The fourth-order valence-corrected chi connectivity index (χ4v) is 1.70. The molecule has 0 atom stereocenters. The maximum atomic E-state index is 12.1. The highest BCUT2D eigenvalue weighted by Crippen LogP contribution is 2.04. The van der Waals surface area contributed by atoms with Gasteiger partial charge in [0, 0.05) is 5.57 Å². The van der Waals surface area contributed by atoms with Gasteiger partial charge in [0.25, 0.3) is 0 Å². The van der Waals surface area contributed by atoms with Crippen LogP contribution in [0.2, 0.25) is 0 Å². The van der Waals surface area contributed by atoms with Crippen LogP contribution >= 0.6 is 0 Å². The van der Waals surface area contributed by atoms with E-state index < -0.39 is 0 Å². The normalized spacial score (nSPS) is 12.6. The van der Waals surface area contributed by atoms with Gasteiger partial charge in [-0.3, -0.25) is 9.69 Å². The zero-order valence-corrected chi connectivity index (χ0v) is 11.8. The van der Waals surface area contributed by atoms with Crippen LogP contribution < -0.4 is 0 Å². The third-order valence-electron chi connectivity index (χ3n) is 2.63. The highest BCUT2D eigenvalue weighted by molar-refractivity contribution is 5.99. The van der Waals surface area contributed by atoms with Gasteiger partial charge < -0.3 is 0 Å². The molecule has 0 aliphatic carbocycles. The van der Waals surface area contributed by atoms with Gasteiger partial charge in [0.1, 0.15) is 0 Å². The summed E-state index contributed by atoms with van der Waals surface area (Å²) in [7, 11) is 0. The quantitative estimate of drug-likeness (QED) is 0.451. The Morgan fingerprint density at radius 1 is 1.12 bits per heavy atom. The van der Waals surface area contributed by atoms with Crippen LogP contribution in [0.4, 0.5) is 0 Å². The smallest absolute Gasteiger partial charge is 0.176 e. The Morgan fingerprint density at radius 3 is 2.29 bits per heavy atom. The van der Waals surface area contributed by atoms with Crippen molar-refractivity contribution in [3.05, 3.63) is 23.8 Å². The van der Waals surface area contributed by atoms with Gasteiger partial charge >= 0.3 is 0 Å². The van der Waals surface area contributed by atoms with Crippen molar-refractivity contribution in [1.29, 1.82) is 0 Å². The molecule has 0 aromatic heterocycles. The first kappa shape index (κ1) is 16.1. The number of carbonyl (C=O) groups excluding carboxylic acids is 1. The lowest BCUT2D eigenvalue weighted by Crippen LogP contribution is -2.30. The van der Waals surface area contributed by atoms with Crippen molar-refractivity contribution in [3.63, 3.8) is 0 Å². The van der Waals surface area contributed by atoms with E-state index in [0.717, 1.165) is 37.9 Å². The van der Waals surface area contributed by atoms with Crippen molar-refractivity contribution in [2.75, 3.05) is 19.6 Å². The number of allylic oxidation sites excluding steroid dienone is 3. The molecule has 0 saturated carbocycles. The first-order valence-corrected chi connectivity index (χ1v) is 6.81. The Hall–Kier alpha value is -0.890. The van der Waals surface area contributed by atoms with Gasteiger partial charge in [-0.1, -0.05) is 45.9 Å². The first-order valence-electron chi connectivity index (χ1n) is 6.81. The molecular weight excluding hydrogens is 210 g/mol. The monoisotopic (exact) mass is 237 g/mol. The van der Waals surface area contributed by atoms with Crippen molar-refractivity contribution < 1.29 is 4.79 Å². The molecule has 2 nitrogen and oxygen atoms in total. The first-order chi connectivity index (χ1) is 8.19. The Balaban J connectivity index is 4.51. The second-order valence-electron chi connectivity index (χ2n) is 4.17. The van der Waals surface area contributed by atoms with E-state index >= 15 is 0 Å². The number of carbonyl (C=O) groups is 1. The Kier molecular flexibility index (Phi) is 9.74. The summed E-state index contributed by atoms with van der Waals surface area (Å²) in [5, 5.41) is 0. The van der Waals surface area contributed by atoms with Crippen LogP contribution in [-0.4, -0.2) is 30.3 Å². The SMILES string of the molecule is CC/C=C\C(=C/CC)C(=O)CN(CC)CCC. The zero-order valence-electron chi connectivity index (χ0n) is 11.8. The van der Waals surface area contributed by atoms with E-state index in [-0.39, 0.29) is 5.78 Å². The van der Waals surface area contributed by atoms with Gasteiger partial charge in [-0.05, 0) is 32.4 Å². The van der Waals surface area contributed by atoms with Crippen LogP contribution in [0.25, 0.3) is 0 Å². The third kappa shape index (κ3) is 7.11. The van der Waals surface area contributed by atoms with E-state index in [1.165, 1.54) is 0 Å². The molecule has 98 valence electrons. The van der Waals surface area contributed by atoms with Gasteiger partial charge in [-0.25, -0.2) is 0 Å². The van der Waals surface area contributed by atoms with Crippen LogP contribution in [0.3, 0.4) is 0 Å². The predicted octanol–water partition coefficient (Wildman–Crippen LogP) is 3.59. The molecule has 0 aliphatic heterocycles. The molecule has 0 bridgehead atoms. The van der Waals surface area contributed by atoms with Gasteiger partial charge in [0.05, 0.1) is 6.54 Å². The Morgan fingerprint density at radius 2 is 1.82 bits per heavy atom. The molecule has 0 heterocycles. The molecule has 0 amide bonds. The minimum absolute atomic E-state index is 0.242. The third-order valence-corrected chi connectivity index (χ3v) is 2.63. The van der Waals surface area contributed by atoms with E-state index in [1.807, 2.05) is 12.2 Å². The second-order valence-corrected chi connectivity index (χ2v) is 4.17. The van der Waals surface area contributed by atoms with Crippen molar-refractivity contribution >= 4 is 5.78 Å². The zero-order chi connectivity index (χ0) is 13.1. The lowest BCUT2D eigenvalue weighted by Gasteiger charge is -2.18. The van der Waals surface area contributed by atoms with Gasteiger partial charge in [-0.2, -0.15) is 0 Å². The molecule has 0 rings (SSSR count). The predicted molar refractivity (Wildman–Crippen MR) is 75.2 cm³/mol. The van der Waals surface area contributed by atoms with Crippen molar-refractivity contribution in [1.82, 2.24) is 4.90 Å². The summed E-state index contributed by atoms with van der Waals surface area (Å²) in [4.78, 5) is 14.3. The largest absolute Gasteiger partial charge is 0.296 e. The van der Waals surface area contributed by atoms with Crippen molar-refractivity contribution in [2.45, 2.75) is 47.0 Å². The summed E-state index contributed by atoms with van der Waals surface area (Å²) < 4.78 is 0. The molecular formula is C15H27NO. The minimum atomic E-state index is 0.242. The van der Waals surface area contributed by atoms with Crippen LogP contribution in [0.1, 0.15) is 47.0 Å². The molecule has 0 spiro atoms. The van der Waals surface area contributed by atoms with Gasteiger partial charge in [0.2, 0.25) is 0 Å². The number of likely N-dealkylation sites (N-methyl/N-ethyl adjacent to an activating group) is 1. The molecule has 0 aromatic rings. The van der Waals surface area contributed by atoms with Crippen LogP contribution in [0, 0.1) is 0 Å². The summed E-state index contributed by atoms with van der Waals surface area (Å²) >= 11 is 0. The van der Waals surface area contributed by atoms with E-state index in [2.05, 4.69) is 38.7 Å². The van der Waals surface area contributed by atoms with Crippen molar-refractivity contribution in [2.24, 2.45) is 0 Å². The molecule has 0 aliphatic rings. The van der Waals surface area contributed by atoms with E-state index in [1.54, 1.807) is 0 Å². The van der Waals surface area contributed by atoms with Crippen LogP contribution in [-0.2, 0) is 4.79 Å². The number of hydrogen-bond donors (Lipinski definition) is 0. The van der Waals surface area contributed by atoms with Crippen LogP contribution in [0.15, 0.2) is 23.8 Å². The fraction of sp³-hybridized carbons (Fsp3) is 0.667. The Labute approximate surface area is 106 Å². The number of Topliss-reactive ketones (excluding diaryl/α,β-unsaturated/α-hetero) is 1. The molecule has 0 N–H and O–H groups in total. The average molecular weight is 237 g/mol. The topological polar surface area (TPSA) is 20.3 Å². The summed E-state index contributed by atoms with van der Waals surface area (Å²) in [6.07, 6.45) is 9.02. The average Bonchev–Trinajstić information content (AvgIpc) is 2.33. The molecule has 0 aromatic carbocycles. The standard InChI is InChI=1S/C15H27NO/c1-5-9-11-14(10-6-2)15(17)13-16(8-4)12-7-3/h9-11H,5-8,12-13H2,1-4H3/b11-9-,14-10+. The van der Waals surface area contributed by atoms with E-state index in [0.29, 0.717) is 6.54 Å². The lowest BCUT2D eigenvalue weighted by molar-refractivity contribution is -0.116. The molecule has 17 heavy (non-hydrogen) atoms. The number of nitrogens with zero attached hydrogens (tertiary/aromatic N) is 1.